The molecular weight excluding hydrogens is 464 g/mol. The van der Waals surface area contributed by atoms with E-state index in [1.54, 1.807) is 36.4 Å². The lowest BCUT2D eigenvalue weighted by atomic mass is 9.95. The summed E-state index contributed by atoms with van der Waals surface area (Å²) in [5, 5.41) is 21.4. The molecule has 1 aliphatic heterocycles. The molecule has 0 aliphatic carbocycles. The standard InChI is InChI=1S/C27H22N2O5S/c1-14-12-15(2)22-20(13-14)35-27(28-22)29-23(16-4-8-18(30)9-5-16)21(25(32)26(29)33)24(31)17-6-10-19(34-3)11-7-17/h4-13,23,30-31H,1-3H3/b24-21+. The summed E-state index contributed by atoms with van der Waals surface area (Å²) in [6, 6.07) is 15.9. The zero-order valence-electron chi connectivity index (χ0n) is 19.3. The highest BCUT2D eigenvalue weighted by Crippen LogP contribution is 2.45. The number of anilines is 1. The van der Waals surface area contributed by atoms with Gasteiger partial charge in [-0.3, -0.25) is 14.5 Å². The number of rotatable bonds is 4. The van der Waals surface area contributed by atoms with Gasteiger partial charge in [-0.05, 0) is 73.0 Å². The molecule has 1 saturated heterocycles. The number of ketones is 1. The maximum atomic E-state index is 13.4. The van der Waals surface area contributed by atoms with Crippen molar-refractivity contribution in [1.29, 1.82) is 0 Å². The fourth-order valence-electron chi connectivity index (χ4n) is 4.37. The number of methoxy groups -OCH3 is 1. The minimum atomic E-state index is -0.917. The van der Waals surface area contributed by atoms with Crippen LogP contribution in [0.1, 0.15) is 28.3 Å². The Morgan fingerprint density at radius 1 is 1.03 bits per heavy atom. The van der Waals surface area contributed by atoms with Crippen molar-refractivity contribution in [2.75, 3.05) is 12.0 Å². The Balaban J connectivity index is 1.72. The third-order valence-corrected chi connectivity index (χ3v) is 7.04. The number of thiazole rings is 1. The number of nitrogens with zero attached hydrogens (tertiary/aromatic N) is 2. The second-order valence-electron chi connectivity index (χ2n) is 8.41. The van der Waals surface area contributed by atoms with Crippen LogP contribution in [-0.2, 0) is 9.59 Å². The predicted molar refractivity (Wildman–Crippen MR) is 135 cm³/mol. The Morgan fingerprint density at radius 3 is 2.37 bits per heavy atom. The summed E-state index contributed by atoms with van der Waals surface area (Å²) < 4.78 is 6.08. The lowest BCUT2D eigenvalue weighted by Gasteiger charge is -2.23. The van der Waals surface area contributed by atoms with Crippen LogP contribution in [0.3, 0.4) is 0 Å². The molecule has 1 aromatic heterocycles. The minimum absolute atomic E-state index is 0.0435. The molecule has 1 atom stereocenters. The number of aromatic nitrogens is 1. The molecule has 7 nitrogen and oxygen atoms in total. The number of phenolic OH excluding ortho intramolecular Hbond substituents is 1. The van der Waals surface area contributed by atoms with Gasteiger partial charge < -0.3 is 14.9 Å². The molecule has 8 heteroatoms. The Kier molecular flexibility index (Phi) is 5.53. The molecule has 0 bridgehead atoms. The number of hydrogen-bond acceptors (Lipinski definition) is 7. The van der Waals surface area contributed by atoms with E-state index in [9.17, 15) is 19.8 Å². The highest BCUT2D eigenvalue weighted by atomic mass is 32.1. The molecule has 1 unspecified atom stereocenters. The van der Waals surface area contributed by atoms with Crippen molar-refractivity contribution in [2.45, 2.75) is 19.9 Å². The third-order valence-electron chi connectivity index (χ3n) is 6.04. The Bertz CT molecular complexity index is 1500. The van der Waals surface area contributed by atoms with Crippen molar-refractivity contribution in [3.8, 4) is 11.5 Å². The number of Topliss-reactive ketones (excluding diaryl/α,β-unsaturated/α-hetero) is 1. The maximum absolute atomic E-state index is 13.4. The van der Waals surface area contributed by atoms with E-state index in [-0.39, 0.29) is 17.1 Å². The molecule has 1 fully saturated rings. The predicted octanol–water partition coefficient (Wildman–Crippen LogP) is 5.25. The molecule has 176 valence electrons. The van der Waals surface area contributed by atoms with Crippen LogP contribution in [0.25, 0.3) is 16.0 Å². The van der Waals surface area contributed by atoms with Crippen LogP contribution in [0.2, 0.25) is 0 Å². The van der Waals surface area contributed by atoms with Crippen LogP contribution in [0.4, 0.5) is 5.13 Å². The van der Waals surface area contributed by atoms with E-state index in [1.807, 2.05) is 26.0 Å². The first-order chi connectivity index (χ1) is 16.8. The highest BCUT2D eigenvalue weighted by Gasteiger charge is 2.48. The van der Waals surface area contributed by atoms with E-state index >= 15 is 0 Å². The number of ether oxygens (including phenoxy) is 1. The summed E-state index contributed by atoms with van der Waals surface area (Å²) in [5.41, 5.74) is 3.70. The van der Waals surface area contributed by atoms with Crippen molar-refractivity contribution in [2.24, 2.45) is 0 Å². The summed E-state index contributed by atoms with van der Waals surface area (Å²) in [7, 11) is 1.53. The van der Waals surface area contributed by atoms with E-state index < -0.39 is 17.7 Å². The van der Waals surface area contributed by atoms with Crippen LogP contribution in [-0.4, -0.2) is 34.0 Å². The number of aromatic hydroxyl groups is 1. The van der Waals surface area contributed by atoms with Crippen molar-refractivity contribution in [3.63, 3.8) is 0 Å². The lowest BCUT2D eigenvalue weighted by Crippen LogP contribution is -2.29. The summed E-state index contributed by atoms with van der Waals surface area (Å²) in [6.07, 6.45) is 0. The van der Waals surface area contributed by atoms with Crippen LogP contribution in [0.15, 0.2) is 66.2 Å². The fraction of sp³-hybridized carbons (Fsp3) is 0.148. The quantitative estimate of drug-likeness (QED) is 0.232. The van der Waals surface area contributed by atoms with E-state index in [4.69, 9.17) is 9.72 Å². The first-order valence-electron chi connectivity index (χ1n) is 10.9. The number of carbonyl (C=O) groups excluding carboxylic acids is 2. The largest absolute Gasteiger partial charge is 0.508 e. The zero-order valence-corrected chi connectivity index (χ0v) is 20.1. The molecule has 0 radical (unpaired) electrons. The van der Waals surface area contributed by atoms with Crippen LogP contribution >= 0.6 is 11.3 Å². The number of aryl methyl sites for hydroxylation is 2. The first kappa shape index (κ1) is 22.6. The maximum Gasteiger partial charge on any atom is 0.301 e. The minimum Gasteiger partial charge on any atom is -0.508 e. The van der Waals surface area contributed by atoms with Crippen molar-refractivity contribution >= 4 is 44.1 Å². The molecule has 2 heterocycles. The van der Waals surface area contributed by atoms with Gasteiger partial charge in [0.15, 0.2) is 5.13 Å². The Hall–Kier alpha value is -4.17. The van der Waals surface area contributed by atoms with Crippen LogP contribution in [0, 0.1) is 13.8 Å². The average molecular weight is 487 g/mol. The highest BCUT2D eigenvalue weighted by molar-refractivity contribution is 7.22. The van der Waals surface area contributed by atoms with Crippen molar-refractivity contribution in [1.82, 2.24) is 4.98 Å². The van der Waals surface area contributed by atoms with Gasteiger partial charge in [-0.1, -0.05) is 29.5 Å². The van der Waals surface area contributed by atoms with E-state index in [0.29, 0.717) is 22.0 Å². The normalized spacial score (nSPS) is 17.3. The number of aliphatic hydroxyl groups excluding tert-OH is 1. The van der Waals surface area contributed by atoms with Gasteiger partial charge in [-0.2, -0.15) is 0 Å². The molecule has 1 amide bonds. The number of hydrogen-bond donors (Lipinski definition) is 2. The molecular formula is C27H22N2O5S. The SMILES string of the molecule is COc1ccc(/C(O)=C2\C(=O)C(=O)N(c3nc4c(C)cc(C)cc4s3)C2c2ccc(O)cc2)cc1. The van der Waals surface area contributed by atoms with Gasteiger partial charge in [0.1, 0.15) is 17.3 Å². The molecule has 2 N–H and O–H groups in total. The molecule has 5 rings (SSSR count). The summed E-state index contributed by atoms with van der Waals surface area (Å²) in [4.78, 5) is 32.7. The third kappa shape index (κ3) is 3.81. The average Bonchev–Trinajstić information content (AvgIpc) is 3.38. The molecule has 35 heavy (non-hydrogen) atoms. The van der Waals surface area contributed by atoms with Gasteiger partial charge in [-0.25, -0.2) is 4.98 Å². The smallest absolute Gasteiger partial charge is 0.301 e. The summed E-state index contributed by atoms with van der Waals surface area (Å²) in [5.74, 6) is -1.22. The number of carbonyl (C=O) groups is 2. The van der Waals surface area contributed by atoms with Gasteiger partial charge in [0.25, 0.3) is 5.78 Å². The Morgan fingerprint density at radius 2 is 1.71 bits per heavy atom. The topological polar surface area (TPSA) is 100.0 Å². The van der Waals surface area contributed by atoms with Gasteiger partial charge in [0, 0.05) is 5.56 Å². The molecule has 1 aliphatic rings. The lowest BCUT2D eigenvalue weighted by molar-refractivity contribution is -0.132. The van der Waals surface area contributed by atoms with Gasteiger partial charge in [0.05, 0.1) is 28.9 Å². The first-order valence-corrected chi connectivity index (χ1v) is 11.7. The number of benzene rings is 3. The molecule has 4 aromatic rings. The molecule has 0 spiro atoms. The van der Waals surface area contributed by atoms with Crippen LogP contribution in [0.5, 0.6) is 11.5 Å². The van der Waals surface area contributed by atoms with Gasteiger partial charge in [0.2, 0.25) is 0 Å². The molecule has 3 aromatic carbocycles. The number of amides is 1. The summed E-state index contributed by atoms with van der Waals surface area (Å²) >= 11 is 1.32. The number of fused-ring (bicyclic) bond motifs is 1. The van der Waals surface area contributed by atoms with E-state index in [1.165, 1.54) is 35.5 Å². The number of phenols is 1. The monoisotopic (exact) mass is 486 g/mol. The number of aliphatic hydroxyl groups is 1. The molecule has 0 saturated carbocycles. The zero-order chi connectivity index (χ0) is 24.9. The second kappa shape index (κ2) is 8.56. The van der Waals surface area contributed by atoms with Gasteiger partial charge >= 0.3 is 5.91 Å². The van der Waals surface area contributed by atoms with Crippen molar-refractivity contribution < 1.29 is 24.5 Å². The van der Waals surface area contributed by atoms with Crippen molar-refractivity contribution in [3.05, 3.63) is 88.5 Å². The van der Waals surface area contributed by atoms with Crippen LogP contribution < -0.4 is 9.64 Å². The van der Waals surface area contributed by atoms with E-state index in [0.717, 1.165) is 21.3 Å². The Labute approximate surface area is 205 Å². The second-order valence-corrected chi connectivity index (χ2v) is 9.42. The fourth-order valence-corrected chi connectivity index (χ4v) is 5.54. The van der Waals surface area contributed by atoms with E-state index in [2.05, 4.69) is 0 Å². The summed E-state index contributed by atoms with van der Waals surface area (Å²) in [6.45, 7) is 3.94. The van der Waals surface area contributed by atoms with Gasteiger partial charge in [-0.15, -0.1) is 0 Å².